The van der Waals surface area contributed by atoms with Crippen LogP contribution in [-0.2, 0) is 11.2 Å². The summed E-state index contributed by atoms with van der Waals surface area (Å²) in [5.74, 6) is 0. The first-order valence-electron chi connectivity index (χ1n) is 4.15. The van der Waals surface area contributed by atoms with Gasteiger partial charge in [-0.05, 0) is 24.1 Å². The van der Waals surface area contributed by atoms with Crippen LogP contribution in [0.5, 0.6) is 0 Å². The van der Waals surface area contributed by atoms with Crippen molar-refractivity contribution in [2.45, 2.75) is 19.3 Å². The topological polar surface area (TPSA) is 17.1 Å². The van der Waals surface area contributed by atoms with Crippen LogP contribution in [0.3, 0.4) is 0 Å². The first-order chi connectivity index (χ1) is 6.65. The van der Waals surface area contributed by atoms with E-state index in [9.17, 15) is 13.6 Å². The Balaban J connectivity index is 2.88. The predicted octanol–water partition coefficient (Wildman–Crippen LogP) is 3.41. The molecule has 0 radical (unpaired) electrons. The molecule has 0 aromatic heterocycles. The molecule has 14 heavy (non-hydrogen) atoms. The average Bonchev–Trinajstić information content (AvgIpc) is 2.16. The Morgan fingerprint density at radius 1 is 1.43 bits per heavy atom. The zero-order valence-corrected chi connectivity index (χ0v) is 8.10. The molecule has 0 N–H and O–H groups in total. The van der Waals surface area contributed by atoms with E-state index in [4.69, 9.17) is 11.6 Å². The molecular weight excluding hydrogens is 210 g/mol. The highest BCUT2D eigenvalue weighted by molar-refractivity contribution is 6.31. The van der Waals surface area contributed by atoms with E-state index in [2.05, 4.69) is 0 Å². The van der Waals surface area contributed by atoms with Crippen molar-refractivity contribution in [3.63, 3.8) is 0 Å². The van der Waals surface area contributed by atoms with E-state index in [1.54, 1.807) is 6.07 Å². The molecule has 1 aromatic carbocycles. The number of alkyl halides is 2. The van der Waals surface area contributed by atoms with Gasteiger partial charge in [0.05, 0.1) is 0 Å². The van der Waals surface area contributed by atoms with E-state index in [0.717, 1.165) is 6.29 Å². The Bertz CT molecular complexity index is 326. The third-order valence-corrected chi connectivity index (χ3v) is 2.19. The number of hydrogen-bond donors (Lipinski definition) is 0. The molecular formula is C10H9ClF2O. The quantitative estimate of drug-likeness (QED) is 0.708. The van der Waals surface area contributed by atoms with Crippen LogP contribution in [0.15, 0.2) is 18.2 Å². The van der Waals surface area contributed by atoms with Crippen molar-refractivity contribution >= 4 is 17.9 Å². The first-order valence-corrected chi connectivity index (χ1v) is 4.53. The van der Waals surface area contributed by atoms with Crippen LogP contribution in [-0.4, -0.2) is 6.29 Å². The molecule has 4 heteroatoms. The van der Waals surface area contributed by atoms with Crippen LogP contribution >= 0.6 is 11.6 Å². The highest BCUT2D eigenvalue weighted by Gasteiger charge is 2.11. The number of carbonyl (C=O) groups is 1. The van der Waals surface area contributed by atoms with Gasteiger partial charge in [0, 0.05) is 17.0 Å². The van der Waals surface area contributed by atoms with E-state index in [0.29, 0.717) is 18.4 Å². The number of aryl methyl sites for hydroxylation is 1. The molecule has 1 nitrogen and oxygen atoms in total. The zero-order chi connectivity index (χ0) is 10.6. The molecule has 1 aromatic rings. The number of benzene rings is 1. The van der Waals surface area contributed by atoms with Crippen LogP contribution < -0.4 is 0 Å². The molecule has 0 aliphatic carbocycles. The summed E-state index contributed by atoms with van der Waals surface area (Å²) in [6, 6.07) is 4.43. The van der Waals surface area contributed by atoms with Gasteiger partial charge in [0.2, 0.25) is 0 Å². The van der Waals surface area contributed by atoms with E-state index < -0.39 is 6.43 Å². The SMILES string of the molecule is O=CCCc1ccc(Cl)c(C(F)F)c1. The maximum atomic E-state index is 12.4. The Morgan fingerprint density at radius 2 is 2.14 bits per heavy atom. The van der Waals surface area contributed by atoms with Crippen molar-refractivity contribution in [3.8, 4) is 0 Å². The van der Waals surface area contributed by atoms with Crippen molar-refractivity contribution in [1.29, 1.82) is 0 Å². The summed E-state index contributed by atoms with van der Waals surface area (Å²) in [7, 11) is 0. The number of aldehydes is 1. The van der Waals surface area contributed by atoms with Gasteiger partial charge in [0.25, 0.3) is 6.43 Å². The lowest BCUT2D eigenvalue weighted by Gasteiger charge is -2.05. The van der Waals surface area contributed by atoms with Gasteiger partial charge >= 0.3 is 0 Å². The minimum Gasteiger partial charge on any atom is -0.303 e. The molecule has 0 unspecified atom stereocenters. The number of carbonyl (C=O) groups excluding carboxylic acids is 1. The molecule has 0 aliphatic heterocycles. The molecule has 0 spiro atoms. The molecule has 76 valence electrons. The Kier molecular flexibility index (Phi) is 4.01. The summed E-state index contributed by atoms with van der Waals surface area (Å²) < 4.78 is 24.8. The smallest absolute Gasteiger partial charge is 0.265 e. The third-order valence-electron chi connectivity index (χ3n) is 1.85. The van der Waals surface area contributed by atoms with E-state index in [1.165, 1.54) is 12.1 Å². The summed E-state index contributed by atoms with van der Waals surface area (Å²) >= 11 is 5.58. The van der Waals surface area contributed by atoms with Gasteiger partial charge in [-0.25, -0.2) is 8.78 Å². The largest absolute Gasteiger partial charge is 0.303 e. The Labute approximate surface area is 85.7 Å². The van der Waals surface area contributed by atoms with Crippen molar-refractivity contribution in [2.75, 3.05) is 0 Å². The average molecular weight is 219 g/mol. The van der Waals surface area contributed by atoms with Gasteiger partial charge in [-0.15, -0.1) is 0 Å². The van der Waals surface area contributed by atoms with Crippen molar-refractivity contribution < 1.29 is 13.6 Å². The minimum absolute atomic E-state index is 0.0647. The fraction of sp³-hybridized carbons (Fsp3) is 0.300. The summed E-state index contributed by atoms with van der Waals surface area (Å²) in [4.78, 5) is 10.1. The van der Waals surface area contributed by atoms with E-state index in [-0.39, 0.29) is 10.6 Å². The van der Waals surface area contributed by atoms with Crippen LogP contribution in [0.4, 0.5) is 8.78 Å². The highest BCUT2D eigenvalue weighted by Crippen LogP contribution is 2.27. The predicted molar refractivity (Wildman–Crippen MR) is 50.8 cm³/mol. The fourth-order valence-corrected chi connectivity index (χ4v) is 1.34. The lowest BCUT2D eigenvalue weighted by molar-refractivity contribution is -0.107. The lowest BCUT2D eigenvalue weighted by atomic mass is 10.1. The summed E-state index contributed by atoms with van der Waals surface area (Å²) in [5, 5.41) is 0.0647. The van der Waals surface area contributed by atoms with Crippen LogP contribution in [0.1, 0.15) is 24.0 Å². The second-order valence-corrected chi connectivity index (χ2v) is 3.27. The molecule has 0 amide bonds. The Hall–Kier alpha value is -0.960. The molecule has 1 rings (SSSR count). The molecule has 0 atom stereocenters. The first kappa shape index (κ1) is 11.1. The molecule has 0 heterocycles. The summed E-state index contributed by atoms with van der Waals surface area (Å²) in [5.41, 5.74) is 0.534. The molecule has 0 aliphatic rings. The third kappa shape index (κ3) is 2.77. The van der Waals surface area contributed by atoms with Gasteiger partial charge < -0.3 is 4.79 Å². The number of halogens is 3. The van der Waals surface area contributed by atoms with E-state index >= 15 is 0 Å². The van der Waals surface area contributed by atoms with Gasteiger partial charge in [-0.3, -0.25) is 0 Å². The molecule has 0 saturated heterocycles. The standard InChI is InChI=1S/C10H9ClF2O/c11-9-4-3-7(2-1-5-14)6-8(9)10(12)13/h3-6,10H,1-2H2. The second-order valence-electron chi connectivity index (χ2n) is 2.86. The zero-order valence-electron chi connectivity index (χ0n) is 7.34. The van der Waals surface area contributed by atoms with Crippen molar-refractivity contribution in [2.24, 2.45) is 0 Å². The second kappa shape index (κ2) is 5.05. The van der Waals surface area contributed by atoms with Crippen molar-refractivity contribution in [3.05, 3.63) is 34.3 Å². The summed E-state index contributed by atoms with van der Waals surface area (Å²) in [6.45, 7) is 0. The molecule has 0 bridgehead atoms. The Morgan fingerprint density at radius 3 is 2.71 bits per heavy atom. The lowest BCUT2D eigenvalue weighted by Crippen LogP contribution is -1.91. The number of hydrogen-bond acceptors (Lipinski definition) is 1. The highest BCUT2D eigenvalue weighted by atomic mass is 35.5. The number of rotatable bonds is 4. The van der Waals surface area contributed by atoms with Gasteiger partial charge in [0.15, 0.2) is 0 Å². The van der Waals surface area contributed by atoms with Crippen LogP contribution in [0, 0.1) is 0 Å². The van der Waals surface area contributed by atoms with Crippen LogP contribution in [0.25, 0.3) is 0 Å². The molecule has 0 fully saturated rings. The van der Waals surface area contributed by atoms with Crippen molar-refractivity contribution in [1.82, 2.24) is 0 Å². The maximum Gasteiger partial charge on any atom is 0.265 e. The summed E-state index contributed by atoms with van der Waals surface area (Å²) in [6.07, 6.45) is -1.000. The van der Waals surface area contributed by atoms with E-state index in [1.807, 2.05) is 0 Å². The van der Waals surface area contributed by atoms with Gasteiger partial charge in [-0.1, -0.05) is 17.7 Å². The fourth-order valence-electron chi connectivity index (χ4n) is 1.14. The van der Waals surface area contributed by atoms with Crippen LogP contribution in [0.2, 0.25) is 5.02 Å². The van der Waals surface area contributed by atoms with Gasteiger partial charge in [-0.2, -0.15) is 0 Å². The monoisotopic (exact) mass is 218 g/mol. The maximum absolute atomic E-state index is 12.4. The minimum atomic E-state index is -2.57. The normalized spacial score (nSPS) is 10.6. The van der Waals surface area contributed by atoms with Gasteiger partial charge in [0.1, 0.15) is 6.29 Å². The molecule has 0 saturated carbocycles.